The molecule has 0 aromatic heterocycles. The summed E-state index contributed by atoms with van der Waals surface area (Å²) in [4.78, 5) is 15.0. The zero-order valence-corrected chi connectivity index (χ0v) is 15.0. The number of rotatable bonds is 5. The van der Waals surface area contributed by atoms with Crippen LogP contribution in [-0.2, 0) is 0 Å². The number of nitrogens with zero attached hydrogens (tertiary/aromatic N) is 1. The van der Waals surface area contributed by atoms with E-state index in [0.717, 1.165) is 18.0 Å². The molecule has 0 spiro atoms. The molecule has 0 aliphatic carbocycles. The van der Waals surface area contributed by atoms with Gasteiger partial charge in [-0.3, -0.25) is 0 Å². The molecule has 1 heterocycles. The van der Waals surface area contributed by atoms with Crippen LogP contribution >= 0.6 is 23.5 Å². The van der Waals surface area contributed by atoms with Crippen molar-refractivity contribution in [2.75, 3.05) is 13.1 Å². The van der Waals surface area contributed by atoms with Gasteiger partial charge < -0.3 is 10.2 Å². The molecule has 0 atom stereocenters. The Hall–Kier alpha value is -2.02. The number of carboxylic acids is 1. The second-order valence-electron chi connectivity index (χ2n) is 5.69. The molecule has 25 heavy (non-hydrogen) atoms. The number of aliphatic hydroxyl groups excluding tert-OH is 1. The SMILES string of the molecule is O=C(O)c1ccccc1[NH+]=C(O)c1cc(SN2CCCC2)ccc1Cl. The van der Waals surface area contributed by atoms with Crippen LogP contribution in [0.2, 0.25) is 5.02 Å². The lowest BCUT2D eigenvalue weighted by Gasteiger charge is -2.13. The predicted octanol–water partition coefficient (Wildman–Crippen LogP) is 2.86. The van der Waals surface area contributed by atoms with Gasteiger partial charge in [-0.2, -0.15) is 4.99 Å². The maximum atomic E-state index is 11.3. The first-order valence-corrected chi connectivity index (χ1v) is 9.08. The maximum absolute atomic E-state index is 11.3. The number of hydrogen-bond donors (Lipinski definition) is 3. The van der Waals surface area contributed by atoms with Crippen LogP contribution in [0.1, 0.15) is 28.8 Å². The van der Waals surface area contributed by atoms with Crippen molar-refractivity contribution in [1.29, 1.82) is 0 Å². The van der Waals surface area contributed by atoms with Gasteiger partial charge in [0.05, 0.1) is 5.02 Å². The number of aliphatic hydroxyl groups is 1. The molecule has 1 aliphatic heterocycles. The van der Waals surface area contributed by atoms with E-state index in [4.69, 9.17) is 11.6 Å². The maximum Gasteiger partial charge on any atom is 0.373 e. The quantitative estimate of drug-likeness (QED) is 0.424. The fourth-order valence-electron chi connectivity index (χ4n) is 2.64. The first-order chi connectivity index (χ1) is 12.0. The van der Waals surface area contributed by atoms with E-state index < -0.39 is 5.97 Å². The van der Waals surface area contributed by atoms with E-state index in [1.807, 2.05) is 6.07 Å². The molecule has 2 aromatic carbocycles. The number of halogens is 1. The van der Waals surface area contributed by atoms with Gasteiger partial charge in [-0.15, -0.1) is 0 Å². The summed E-state index contributed by atoms with van der Waals surface area (Å²) < 4.78 is 2.28. The van der Waals surface area contributed by atoms with Gasteiger partial charge in [-0.25, -0.2) is 9.10 Å². The highest BCUT2D eigenvalue weighted by atomic mass is 35.5. The topological polar surface area (TPSA) is 74.7 Å². The highest BCUT2D eigenvalue weighted by Gasteiger charge is 2.19. The highest BCUT2D eigenvalue weighted by Crippen LogP contribution is 2.29. The van der Waals surface area contributed by atoms with Crippen molar-refractivity contribution >= 4 is 41.1 Å². The van der Waals surface area contributed by atoms with Crippen LogP contribution in [0.3, 0.4) is 0 Å². The van der Waals surface area contributed by atoms with Gasteiger partial charge in [-0.1, -0.05) is 23.7 Å². The summed E-state index contributed by atoms with van der Waals surface area (Å²) in [6, 6.07) is 11.8. The van der Waals surface area contributed by atoms with E-state index in [1.54, 1.807) is 42.3 Å². The average Bonchev–Trinajstić information content (AvgIpc) is 3.10. The van der Waals surface area contributed by atoms with E-state index in [9.17, 15) is 15.0 Å². The van der Waals surface area contributed by atoms with Gasteiger partial charge in [0, 0.05) is 24.1 Å². The van der Waals surface area contributed by atoms with Gasteiger partial charge in [-0.05, 0) is 49.1 Å². The molecule has 2 aromatic rings. The third-order valence-electron chi connectivity index (χ3n) is 3.90. The van der Waals surface area contributed by atoms with Crippen LogP contribution in [-0.4, -0.2) is 39.5 Å². The van der Waals surface area contributed by atoms with Crippen molar-refractivity contribution < 1.29 is 20.0 Å². The fraction of sp³-hybridized carbons (Fsp3) is 0.222. The number of carbonyl (C=O) groups is 1. The van der Waals surface area contributed by atoms with E-state index in [-0.39, 0.29) is 11.5 Å². The van der Waals surface area contributed by atoms with Crippen LogP contribution in [0, 0.1) is 0 Å². The number of nitrogens with one attached hydrogen (secondary N) is 1. The van der Waals surface area contributed by atoms with Crippen molar-refractivity contribution in [2.24, 2.45) is 0 Å². The molecule has 1 saturated heterocycles. The lowest BCUT2D eigenvalue weighted by Crippen LogP contribution is -2.67. The Morgan fingerprint density at radius 1 is 1.08 bits per heavy atom. The summed E-state index contributed by atoms with van der Waals surface area (Å²) in [7, 11) is 0. The largest absolute Gasteiger partial charge is 0.477 e. The molecule has 1 aliphatic rings. The van der Waals surface area contributed by atoms with Crippen molar-refractivity contribution in [3.8, 4) is 0 Å². The lowest BCUT2D eigenvalue weighted by atomic mass is 10.1. The molecule has 0 amide bonds. The highest BCUT2D eigenvalue weighted by molar-refractivity contribution is 7.97. The third-order valence-corrected chi connectivity index (χ3v) is 5.32. The van der Waals surface area contributed by atoms with Crippen molar-refractivity contribution in [3.63, 3.8) is 0 Å². The molecule has 7 heteroatoms. The van der Waals surface area contributed by atoms with Gasteiger partial charge >= 0.3 is 11.9 Å². The summed E-state index contributed by atoms with van der Waals surface area (Å²) in [5.74, 6) is -1.25. The number of carboxylic acid groups (broad SMARTS) is 1. The molecule has 0 bridgehead atoms. The molecule has 1 fully saturated rings. The molecule has 0 saturated carbocycles. The van der Waals surface area contributed by atoms with Gasteiger partial charge in [0.15, 0.2) is 0 Å². The Labute approximate surface area is 155 Å². The Morgan fingerprint density at radius 3 is 2.52 bits per heavy atom. The summed E-state index contributed by atoms with van der Waals surface area (Å²) in [5.41, 5.74) is 0.819. The number of hydrogen-bond acceptors (Lipinski definition) is 3. The molecule has 130 valence electrons. The number of para-hydroxylation sites is 1. The fourth-order valence-corrected chi connectivity index (χ4v) is 3.89. The van der Waals surface area contributed by atoms with Crippen LogP contribution in [0.5, 0.6) is 0 Å². The minimum Gasteiger partial charge on any atom is -0.477 e. The first-order valence-electron chi connectivity index (χ1n) is 7.92. The van der Waals surface area contributed by atoms with Crippen LogP contribution in [0.15, 0.2) is 47.4 Å². The van der Waals surface area contributed by atoms with Gasteiger partial charge in [0.1, 0.15) is 11.1 Å². The number of aromatic carboxylic acids is 1. The monoisotopic (exact) mass is 377 g/mol. The van der Waals surface area contributed by atoms with Crippen molar-refractivity contribution in [1.82, 2.24) is 4.31 Å². The van der Waals surface area contributed by atoms with Crippen LogP contribution in [0.25, 0.3) is 0 Å². The predicted molar refractivity (Wildman–Crippen MR) is 98.9 cm³/mol. The Kier molecular flexibility index (Phi) is 5.63. The van der Waals surface area contributed by atoms with E-state index in [0.29, 0.717) is 16.3 Å². The minimum absolute atomic E-state index is 0.0766. The second-order valence-corrected chi connectivity index (χ2v) is 7.27. The normalized spacial score (nSPS) is 15.5. The smallest absolute Gasteiger partial charge is 0.373 e. The number of benzene rings is 2. The molecular formula is C18H18ClN2O3S+. The summed E-state index contributed by atoms with van der Waals surface area (Å²) in [5, 5.41) is 20.1. The molecule has 0 unspecified atom stereocenters. The Morgan fingerprint density at radius 2 is 1.80 bits per heavy atom. The Balaban J connectivity index is 1.91. The molecule has 3 rings (SSSR count). The van der Waals surface area contributed by atoms with Crippen LogP contribution < -0.4 is 4.99 Å². The minimum atomic E-state index is -1.07. The summed E-state index contributed by atoms with van der Waals surface area (Å²) in [6.45, 7) is 2.09. The van der Waals surface area contributed by atoms with Gasteiger partial charge in [0.25, 0.3) is 0 Å². The third kappa shape index (κ3) is 4.34. The second kappa shape index (κ2) is 7.91. The molecule has 5 nitrogen and oxygen atoms in total. The van der Waals surface area contributed by atoms with Gasteiger partial charge in [0.2, 0.25) is 5.69 Å². The van der Waals surface area contributed by atoms with E-state index in [2.05, 4.69) is 9.30 Å². The van der Waals surface area contributed by atoms with Crippen LogP contribution in [0.4, 0.5) is 5.69 Å². The van der Waals surface area contributed by atoms with E-state index in [1.165, 1.54) is 18.9 Å². The Bertz CT molecular complexity index is 820. The standard InChI is InChI=1S/C18H17ClN2O3S/c19-15-8-7-12(25-21-9-3-4-10-21)11-14(15)17(22)20-16-6-2-1-5-13(16)18(23)24/h1-2,5-8,11H,3-4,9-10H2,(H,20,22)(H,23,24)/p+1. The first kappa shape index (κ1) is 17.8. The summed E-state index contributed by atoms with van der Waals surface area (Å²) in [6.07, 6.45) is 2.39. The molecule has 3 N–H and O–H groups in total. The van der Waals surface area contributed by atoms with Crippen molar-refractivity contribution in [3.05, 3.63) is 58.6 Å². The summed E-state index contributed by atoms with van der Waals surface area (Å²) >= 11 is 7.85. The zero-order valence-electron chi connectivity index (χ0n) is 13.4. The van der Waals surface area contributed by atoms with E-state index >= 15 is 0 Å². The molecular weight excluding hydrogens is 360 g/mol. The molecule has 0 radical (unpaired) electrons. The average molecular weight is 378 g/mol. The lowest BCUT2D eigenvalue weighted by molar-refractivity contribution is -0.364. The van der Waals surface area contributed by atoms with Crippen molar-refractivity contribution in [2.45, 2.75) is 17.7 Å². The zero-order chi connectivity index (χ0) is 17.8.